The Kier molecular flexibility index (Phi) is 2.60. The SMILES string of the molecule is Cc1cc(NC(=O)c2ccc3nnnn3c2)ncn1. The Hall–Kier alpha value is -2.90. The molecule has 0 aromatic carbocycles. The summed E-state index contributed by atoms with van der Waals surface area (Å²) in [6, 6.07) is 5.00. The molecule has 0 saturated carbocycles. The van der Waals surface area contributed by atoms with Gasteiger partial charge in [-0.05, 0) is 29.5 Å². The normalized spacial score (nSPS) is 10.6. The Labute approximate surface area is 107 Å². The maximum atomic E-state index is 12.0. The number of hydrogen-bond donors (Lipinski definition) is 1. The molecule has 19 heavy (non-hydrogen) atoms. The van der Waals surface area contributed by atoms with Crippen molar-refractivity contribution < 1.29 is 4.79 Å². The fraction of sp³-hybridized carbons (Fsp3) is 0.0909. The number of anilines is 1. The van der Waals surface area contributed by atoms with Crippen molar-refractivity contribution in [2.75, 3.05) is 5.32 Å². The zero-order valence-corrected chi connectivity index (χ0v) is 9.98. The van der Waals surface area contributed by atoms with Crippen LogP contribution >= 0.6 is 0 Å². The fourth-order valence-corrected chi connectivity index (χ4v) is 1.59. The summed E-state index contributed by atoms with van der Waals surface area (Å²) in [6.45, 7) is 1.82. The number of tetrazole rings is 1. The first-order chi connectivity index (χ1) is 9.22. The first-order valence-electron chi connectivity index (χ1n) is 5.50. The molecule has 3 rings (SSSR count). The van der Waals surface area contributed by atoms with E-state index in [4.69, 9.17) is 0 Å². The van der Waals surface area contributed by atoms with E-state index in [9.17, 15) is 4.79 Å². The van der Waals surface area contributed by atoms with Gasteiger partial charge < -0.3 is 5.32 Å². The standard InChI is InChI=1S/C11H9N7O/c1-7-4-9(13-6-12-7)14-11(19)8-2-3-10-15-16-17-18(10)5-8/h2-6H,1H3,(H,12,13,14,19). The lowest BCUT2D eigenvalue weighted by Gasteiger charge is -2.04. The summed E-state index contributed by atoms with van der Waals surface area (Å²) < 4.78 is 1.43. The number of carbonyl (C=O) groups excluding carboxylic acids is 1. The maximum Gasteiger partial charge on any atom is 0.258 e. The molecule has 3 heterocycles. The van der Waals surface area contributed by atoms with Crippen LogP contribution in [0.4, 0.5) is 5.82 Å². The third-order valence-corrected chi connectivity index (χ3v) is 2.50. The van der Waals surface area contributed by atoms with E-state index in [2.05, 4.69) is 30.8 Å². The Morgan fingerprint density at radius 3 is 3.05 bits per heavy atom. The summed E-state index contributed by atoms with van der Waals surface area (Å²) in [5, 5.41) is 13.7. The van der Waals surface area contributed by atoms with E-state index >= 15 is 0 Å². The smallest absolute Gasteiger partial charge is 0.258 e. The third kappa shape index (κ3) is 2.23. The number of aromatic nitrogens is 6. The molecule has 0 aliphatic rings. The number of aryl methyl sites for hydroxylation is 1. The van der Waals surface area contributed by atoms with Crippen molar-refractivity contribution in [1.82, 2.24) is 30.0 Å². The van der Waals surface area contributed by atoms with Crippen molar-refractivity contribution in [2.24, 2.45) is 0 Å². The third-order valence-electron chi connectivity index (χ3n) is 2.50. The highest BCUT2D eigenvalue weighted by atomic mass is 16.1. The number of nitrogens with zero attached hydrogens (tertiary/aromatic N) is 6. The largest absolute Gasteiger partial charge is 0.306 e. The zero-order valence-electron chi connectivity index (χ0n) is 9.98. The number of carbonyl (C=O) groups is 1. The summed E-state index contributed by atoms with van der Waals surface area (Å²) >= 11 is 0. The van der Waals surface area contributed by atoms with Crippen molar-refractivity contribution in [3.63, 3.8) is 0 Å². The molecule has 0 fully saturated rings. The summed E-state index contributed by atoms with van der Waals surface area (Å²) in [5.74, 6) is 0.171. The van der Waals surface area contributed by atoms with E-state index in [0.29, 0.717) is 17.0 Å². The van der Waals surface area contributed by atoms with E-state index in [-0.39, 0.29) is 5.91 Å². The molecule has 0 radical (unpaired) electrons. The minimum absolute atomic E-state index is 0.282. The van der Waals surface area contributed by atoms with Crippen molar-refractivity contribution in [2.45, 2.75) is 6.92 Å². The first kappa shape index (κ1) is 11.2. The lowest BCUT2D eigenvalue weighted by molar-refractivity contribution is 0.102. The molecule has 8 heteroatoms. The summed E-state index contributed by atoms with van der Waals surface area (Å²) in [4.78, 5) is 20.0. The van der Waals surface area contributed by atoms with Crippen LogP contribution in [-0.2, 0) is 0 Å². The van der Waals surface area contributed by atoms with Crippen LogP contribution < -0.4 is 5.32 Å². The molecule has 0 aliphatic carbocycles. The zero-order chi connectivity index (χ0) is 13.2. The highest BCUT2D eigenvalue weighted by Gasteiger charge is 2.09. The number of hydrogen-bond acceptors (Lipinski definition) is 6. The molecule has 3 aromatic rings. The molecular formula is C11H9N7O. The van der Waals surface area contributed by atoms with Crippen molar-refractivity contribution in [3.05, 3.63) is 42.0 Å². The molecule has 0 saturated heterocycles. The molecule has 3 aromatic heterocycles. The Morgan fingerprint density at radius 2 is 2.21 bits per heavy atom. The Morgan fingerprint density at radius 1 is 1.32 bits per heavy atom. The van der Waals surface area contributed by atoms with Crippen LogP contribution in [0.15, 0.2) is 30.7 Å². The molecule has 0 unspecified atom stereocenters. The number of pyridine rings is 1. The average Bonchev–Trinajstić information content (AvgIpc) is 2.85. The van der Waals surface area contributed by atoms with Crippen molar-refractivity contribution >= 4 is 17.4 Å². The first-order valence-corrected chi connectivity index (χ1v) is 5.50. The van der Waals surface area contributed by atoms with Gasteiger partial charge in [0.2, 0.25) is 0 Å². The quantitative estimate of drug-likeness (QED) is 0.715. The van der Waals surface area contributed by atoms with Gasteiger partial charge >= 0.3 is 0 Å². The molecule has 8 nitrogen and oxygen atoms in total. The van der Waals surface area contributed by atoms with E-state index in [1.807, 2.05) is 6.92 Å². The van der Waals surface area contributed by atoms with Gasteiger partial charge in [0.05, 0.1) is 5.56 Å². The van der Waals surface area contributed by atoms with Crippen LogP contribution in [0, 0.1) is 6.92 Å². The highest BCUT2D eigenvalue weighted by molar-refractivity contribution is 6.03. The minimum atomic E-state index is -0.282. The summed E-state index contributed by atoms with van der Waals surface area (Å²) in [7, 11) is 0. The molecular weight excluding hydrogens is 246 g/mol. The van der Waals surface area contributed by atoms with Gasteiger partial charge in [0.15, 0.2) is 5.65 Å². The van der Waals surface area contributed by atoms with Gasteiger partial charge in [-0.25, -0.2) is 9.97 Å². The monoisotopic (exact) mass is 255 g/mol. The molecule has 0 atom stereocenters. The maximum absolute atomic E-state index is 12.0. The van der Waals surface area contributed by atoms with Crippen LogP contribution in [-0.4, -0.2) is 35.9 Å². The Balaban J connectivity index is 1.87. The van der Waals surface area contributed by atoms with Crippen LogP contribution in [0.1, 0.15) is 16.1 Å². The van der Waals surface area contributed by atoms with Gasteiger partial charge in [-0.15, -0.1) is 5.10 Å². The fourth-order valence-electron chi connectivity index (χ4n) is 1.59. The summed E-state index contributed by atoms with van der Waals surface area (Å²) in [6.07, 6.45) is 2.95. The van der Waals surface area contributed by atoms with E-state index < -0.39 is 0 Å². The van der Waals surface area contributed by atoms with Gasteiger partial charge in [-0.2, -0.15) is 4.52 Å². The van der Waals surface area contributed by atoms with Gasteiger partial charge in [0.1, 0.15) is 12.1 Å². The lowest BCUT2D eigenvalue weighted by atomic mass is 10.2. The van der Waals surface area contributed by atoms with Gasteiger partial charge in [-0.3, -0.25) is 4.79 Å². The van der Waals surface area contributed by atoms with E-state index in [0.717, 1.165) is 5.69 Å². The molecule has 0 bridgehead atoms. The second-order valence-electron chi connectivity index (χ2n) is 3.90. The molecule has 0 spiro atoms. The number of fused-ring (bicyclic) bond motifs is 1. The van der Waals surface area contributed by atoms with Crippen molar-refractivity contribution in [3.8, 4) is 0 Å². The predicted molar refractivity (Wildman–Crippen MR) is 65.5 cm³/mol. The second-order valence-corrected chi connectivity index (χ2v) is 3.90. The van der Waals surface area contributed by atoms with Crippen LogP contribution in [0.3, 0.4) is 0 Å². The van der Waals surface area contributed by atoms with Crippen LogP contribution in [0.2, 0.25) is 0 Å². The van der Waals surface area contributed by atoms with Gasteiger partial charge in [-0.1, -0.05) is 0 Å². The van der Waals surface area contributed by atoms with E-state index in [1.165, 1.54) is 10.8 Å². The highest BCUT2D eigenvalue weighted by Crippen LogP contribution is 2.07. The van der Waals surface area contributed by atoms with Gasteiger partial charge in [0, 0.05) is 18.0 Å². The van der Waals surface area contributed by atoms with Crippen LogP contribution in [0.5, 0.6) is 0 Å². The molecule has 1 N–H and O–H groups in total. The number of rotatable bonds is 2. The second kappa shape index (κ2) is 4.41. The Bertz CT molecular complexity index is 751. The molecule has 94 valence electrons. The number of amides is 1. The topological polar surface area (TPSA) is 98.0 Å². The van der Waals surface area contributed by atoms with Gasteiger partial charge in [0.25, 0.3) is 5.91 Å². The molecule has 0 aliphatic heterocycles. The lowest BCUT2D eigenvalue weighted by Crippen LogP contribution is -2.14. The van der Waals surface area contributed by atoms with Crippen LogP contribution in [0.25, 0.3) is 5.65 Å². The molecule has 1 amide bonds. The number of nitrogens with one attached hydrogen (secondary N) is 1. The van der Waals surface area contributed by atoms with Crippen molar-refractivity contribution in [1.29, 1.82) is 0 Å². The predicted octanol–water partition coefficient (Wildman–Crippen LogP) is 0.475. The summed E-state index contributed by atoms with van der Waals surface area (Å²) in [5.41, 5.74) is 1.80. The van der Waals surface area contributed by atoms with E-state index in [1.54, 1.807) is 24.4 Å². The minimum Gasteiger partial charge on any atom is -0.306 e. The average molecular weight is 255 g/mol.